The van der Waals surface area contributed by atoms with Crippen molar-refractivity contribution in [3.63, 3.8) is 0 Å². The smallest absolute Gasteiger partial charge is 0.367 e. The fourth-order valence-electron chi connectivity index (χ4n) is 4.40. The van der Waals surface area contributed by atoms with Crippen LogP contribution in [0.15, 0.2) is 18.5 Å². The third-order valence-electron chi connectivity index (χ3n) is 6.10. The van der Waals surface area contributed by atoms with Crippen molar-refractivity contribution < 1.29 is 18.0 Å². The highest BCUT2D eigenvalue weighted by Gasteiger charge is 2.47. The topological polar surface area (TPSA) is 68.0 Å². The summed E-state index contributed by atoms with van der Waals surface area (Å²) < 4.78 is 43.9. The number of amides is 1. The monoisotopic (exact) mass is 424 g/mol. The number of carbonyl (C=O) groups is 1. The molecular weight excluding hydrogens is 397 g/mol. The molecule has 0 aliphatic carbocycles. The maximum Gasteiger partial charge on any atom is 0.410 e. The first-order chi connectivity index (χ1) is 14.1. The van der Waals surface area contributed by atoms with Gasteiger partial charge < -0.3 is 10.2 Å². The molecule has 4 rings (SSSR count). The summed E-state index contributed by atoms with van der Waals surface area (Å²) >= 11 is 0. The van der Waals surface area contributed by atoms with Crippen LogP contribution < -0.4 is 5.32 Å². The third kappa shape index (κ3) is 3.79. The van der Waals surface area contributed by atoms with Crippen molar-refractivity contribution in [1.29, 1.82) is 0 Å². The molecule has 2 aliphatic rings. The molecule has 1 fully saturated rings. The van der Waals surface area contributed by atoms with Gasteiger partial charge in [0.25, 0.3) is 5.91 Å². The van der Waals surface area contributed by atoms with Crippen LogP contribution in [0, 0.1) is 5.92 Å². The number of carbonyl (C=O) groups excluding carboxylic acids is 1. The molecule has 30 heavy (non-hydrogen) atoms. The summed E-state index contributed by atoms with van der Waals surface area (Å²) in [6.45, 7) is 4.37. The van der Waals surface area contributed by atoms with E-state index in [1.165, 1.54) is 6.20 Å². The second-order valence-electron chi connectivity index (χ2n) is 8.60. The number of piperidine rings is 1. The molecule has 2 aliphatic heterocycles. The van der Waals surface area contributed by atoms with Crippen LogP contribution in [-0.2, 0) is 7.05 Å². The van der Waals surface area contributed by atoms with Gasteiger partial charge in [-0.05, 0) is 31.6 Å². The minimum Gasteiger partial charge on any atom is -0.367 e. The van der Waals surface area contributed by atoms with Gasteiger partial charge >= 0.3 is 6.18 Å². The van der Waals surface area contributed by atoms with Crippen molar-refractivity contribution in [3.05, 3.63) is 29.7 Å². The molecule has 2 aromatic heterocycles. The van der Waals surface area contributed by atoms with E-state index in [2.05, 4.69) is 15.5 Å². The molecule has 1 amide bonds. The standard InChI is InChI=1S/C20H27F3N6O/c1-12(2)14-8-17(20(21,22)23)29-18(25-14)9-15(26-29)16-6-4-5-7-28(16)19(30)13-10-24-27(3)11-13/h9-12,14,16-17,25H,4-8H2,1-3H3/t14-,16?,17+/m0/s1. The summed E-state index contributed by atoms with van der Waals surface area (Å²) in [6, 6.07) is -0.612. The maximum absolute atomic E-state index is 13.8. The average Bonchev–Trinajstić information content (AvgIpc) is 3.31. The van der Waals surface area contributed by atoms with Crippen molar-refractivity contribution in [2.75, 3.05) is 11.9 Å². The lowest BCUT2D eigenvalue weighted by Gasteiger charge is -2.35. The fraction of sp³-hybridized carbons (Fsp3) is 0.650. The van der Waals surface area contributed by atoms with Gasteiger partial charge in [-0.25, -0.2) is 4.68 Å². The highest BCUT2D eigenvalue weighted by Crippen LogP contribution is 2.42. The second-order valence-corrected chi connectivity index (χ2v) is 8.60. The zero-order valence-electron chi connectivity index (χ0n) is 17.4. The number of aromatic nitrogens is 4. The summed E-state index contributed by atoms with van der Waals surface area (Å²) in [6.07, 6.45) is 1.15. The maximum atomic E-state index is 13.8. The van der Waals surface area contributed by atoms with Crippen LogP contribution in [-0.4, -0.2) is 49.1 Å². The molecule has 10 heteroatoms. The Labute approximate surface area is 173 Å². The average molecular weight is 424 g/mol. The number of rotatable bonds is 3. The summed E-state index contributed by atoms with van der Waals surface area (Å²) in [5, 5.41) is 11.6. The number of alkyl halides is 3. The number of nitrogens with one attached hydrogen (secondary N) is 1. The van der Waals surface area contributed by atoms with Crippen molar-refractivity contribution >= 4 is 11.7 Å². The lowest BCUT2D eigenvalue weighted by atomic mass is 9.94. The van der Waals surface area contributed by atoms with Crippen LogP contribution in [0.1, 0.15) is 67.7 Å². The Balaban J connectivity index is 1.67. The van der Waals surface area contributed by atoms with Gasteiger partial charge in [-0.2, -0.15) is 23.4 Å². The predicted molar refractivity (Wildman–Crippen MR) is 105 cm³/mol. The Hall–Kier alpha value is -2.52. The van der Waals surface area contributed by atoms with Gasteiger partial charge in [0.1, 0.15) is 5.82 Å². The van der Waals surface area contributed by atoms with Gasteiger partial charge in [0, 0.05) is 31.9 Å². The van der Waals surface area contributed by atoms with Gasteiger partial charge in [0.05, 0.1) is 23.5 Å². The van der Waals surface area contributed by atoms with Crippen molar-refractivity contribution in [3.8, 4) is 0 Å². The number of nitrogens with zero attached hydrogens (tertiary/aromatic N) is 5. The molecule has 7 nitrogen and oxygen atoms in total. The van der Waals surface area contributed by atoms with E-state index in [9.17, 15) is 18.0 Å². The van der Waals surface area contributed by atoms with E-state index >= 15 is 0 Å². The lowest BCUT2D eigenvalue weighted by molar-refractivity contribution is -0.174. The molecule has 0 radical (unpaired) electrons. The first-order valence-electron chi connectivity index (χ1n) is 10.4. The normalized spacial score (nSPS) is 24.6. The van der Waals surface area contributed by atoms with E-state index in [-0.39, 0.29) is 30.3 Å². The first kappa shape index (κ1) is 20.7. The van der Waals surface area contributed by atoms with Crippen LogP contribution >= 0.6 is 0 Å². The minimum absolute atomic E-state index is 0.0558. The predicted octanol–water partition coefficient (Wildman–Crippen LogP) is 3.93. The van der Waals surface area contributed by atoms with Crippen LogP contribution in [0.4, 0.5) is 19.0 Å². The Morgan fingerprint density at radius 3 is 2.70 bits per heavy atom. The van der Waals surface area contributed by atoms with Crippen LogP contribution in [0.25, 0.3) is 0 Å². The third-order valence-corrected chi connectivity index (χ3v) is 6.10. The second kappa shape index (κ2) is 7.63. The van der Waals surface area contributed by atoms with Crippen molar-refractivity contribution in [1.82, 2.24) is 24.5 Å². The van der Waals surface area contributed by atoms with Gasteiger partial charge in [0.2, 0.25) is 0 Å². The van der Waals surface area contributed by atoms with E-state index in [1.54, 1.807) is 28.9 Å². The van der Waals surface area contributed by atoms with Gasteiger partial charge in [-0.1, -0.05) is 13.8 Å². The molecule has 0 saturated carbocycles. The Bertz CT molecular complexity index is 918. The first-order valence-corrected chi connectivity index (χ1v) is 10.4. The number of anilines is 1. The molecule has 2 aromatic rings. The Morgan fingerprint density at radius 2 is 2.07 bits per heavy atom. The molecule has 3 atom stereocenters. The van der Waals surface area contributed by atoms with E-state index in [4.69, 9.17) is 0 Å². The van der Waals surface area contributed by atoms with Crippen molar-refractivity contribution in [2.24, 2.45) is 13.0 Å². The molecule has 0 spiro atoms. The number of hydrogen-bond donors (Lipinski definition) is 1. The highest BCUT2D eigenvalue weighted by molar-refractivity contribution is 5.94. The number of halogens is 3. The number of fused-ring (bicyclic) bond motifs is 1. The van der Waals surface area contributed by atoms with Gasteiger partial charge in [-0.15, -0.1) is 0 Å². The lowest BCUT2D eigenvalue weighted by Crippen LogP contribution is -2.41. The summed E-state index contributed by atoms with van der Waals surface area (Å²) in [5.41, 5.74) is 0.979. The number of hydrogen-bond acceptors (Lipinski definition) is 4. The number of likely N-dealkylation sites (tertiary alicyclic amines) is 1. The Kier molecular flexibility index (Phi) is 5.27. The van der Waals surface area contributed by atoms with Gasteiger partial charge in [0.15, 0.2) is 6.04 Å². The molecule has 1 saturated heterocycles. The van der Waals surface area contributed by atoms with E-state index in [0.29, 0.717) is 30.0 Å². The molecule has 0 aromatic carbocycles. The van der Waals surface area contributed by atoms with E-state index in [0.717, 1.165) is 17.5 Å². The molecule has 1 unspecified atom stereocenters. The quantitative estimate of drug-likeness (QED) is 0.811. The zero-order chi connectivity index (χ0) is 21.6. The number of aryl methyl sites for hydroxylation is 1. The Morgan fingerprint density at radius 1 is 1.30 bits per heavy atom. The molecular formula is C20H27F3N6O. The molecule has 4 heterocycles. The van der Waals surface area contributed by atoms with E-state index < -0.39 is 12.2 Å². The molecule has 1 N–H and O–H groups in total. The molecule has 0 bridgehead atoms. The SMILES string of the molecule is CC(C)[C@@H]1C[C@H](C(F)(F)F)n2nc(C3CCCCN3C(=O)c3cnn(C)c3)cc2N1. The summed E-state index contributed by atoms with van der Waals surface area (Å²) in [7, 11) is 1.74. The van der Waals surface area contributed by atoms with Gasteiger partial charge in [-0.3, -0.25) is 9.48 Å². The summed E-state index contributed by atoms with van der Waals surface area (Å²) in [5.74, 6) is 0.260. The van der Waals surface area contributed by atoms with E-state index in [1.807, 2.05) is 13.8 Å². The zero-order valence-corrected chi connectivity index (χ0v) is 17.4. The fourth-order valence-corrected chi connectivity index (χ4v) is 4.40. The van der Waals surface area contributed by atoms with Crippen LogP contribution in [0.5, 0.6) is 0 Å². The van der Waals surface area contributed by atoms with Crippen LogP contribution in [0.3, 0.4) is 0 Å². The van der Waals surface area contributed by atoms with Crippen molar-refractivity contribution in [2.45, 2.75) is 63.8 Å². The largest absolute Gasteiger partial charge is 0.410 e. The molecule has 164 valence electrons. The minimum atomic E-state index is -4.38. The summed E-state index contributed by atoms with van der Waals surface area (Å²) in [4.78, 5) is 14.8. The van der Waals surface area contributed by atoms with Crippen LogP contribution in [0.2, 0.25) is 0 Å². The highest BCUT2D eigenvalue weighted by atomic mass is 19.4.